The number of nitrogens with two attached hydrogens (primary N) is 1. The second-order valence-corrected chi connectivity index (χ2v) is 5.08. The lowest BCUT2D eigenvalue weighted by Gasteiger charge is -2.16. The van der Waals surface area contributed by atoms with Gasteiger partial charge in [0.15, 0.2) is 0 Å². The van der Waals surface area contributed by atoms with E-state index in [9.17, 15) is 0 Å². The molecule has 2 heteroatoms. The quantitative estimate of drug-likeness (QED) is 0.857. The van der Waals surface area contributed by atoms with Gasteiger partial charge in [0.05, 0.1) is 0 Å². The fourth-order valence-electron chi connectivity index (χ4n) is 2.41. The first-order valence-corrected chi connectivity index (χ1v) is 6.95. The molecule has 0 aliphatic carbocycles. The first-order chi connectivity index (χ1) is 9.29. The van der Waals surface area contributed by atoms with Gasteiger partial charge < -0.3 is 5.73 Å². The molecule has 1 aromatic heterocycles. The summed E-state index contributed by atoms with van der Waals surface area (Å²) in [5.74, 6) is 0.536. The van der Waals surface area contributed by atoms with Gasteiger partial charge in [-0.3, -0.25) is 4.98 Å². The van der Waals surface area contributed by atoms with Crippen LogP contribution < -0.4 is 5.73 Å². The highest BCUT2D eigenvalue weighted by Gasteiger charge is 2.10. The fraction of sp³-hybridized carbons (Fsp3) is 0.353. The van der Waals surface area contributed by atoms with Crippen LogP contribution in [-0.4, -0.2) is 11.5 Å². The van der Waals surface area contributed by atoms with Gasteiger partial charge in [0.25, 0.3) is 0 Å². The van der Waals surface area contributed by atoms with Gasteiger partial charge in [-0.05, 0) is 61.9 Å². The van der Waals surface area contributed by atoms with Crippen molar-refractivity contribution < 1.29 is 0 Å². The summed E-state index contributed by atoms with van der Waals surface area (Å²) in [7, 11) is 0. The predicted molar refractivity (Wildman–Crippen MR) is 80.1 cm³/mol. The first-order valence-electron chi connectivity index (χ1n) is 6.95. The molecule has 0 radical (unpaired) electrons. The highest BCUT2D eigenvalue weighted by Crippen LogP contribution is 2.24. The maximum Gasteiger partial charge on any atom is 0.0270 e. The van der Waals surface area contributed by atoms with Crippen LogP contribution in [0.5, 0.6) is 0 Å². The summed E-state index contributed by atoms with van der Waals surface area (Å²) in [4.78, 5) is 4.08. The van der Waals surface area contributed by atoms with Gasteiger partial charge in [0.2, 0.25) is 0 Å². The Kier molecular flexibility index (Phi) is 5.10. The van der Waals surface area contributed by atoms with Gasteiger partial charge >= 0.3 is 0 Å². The molecule has 1 atom stereocenters. The van der Waals surface area contributed by atoms with E-state index in [1.807, 2.05) is 12.4 Å². The van der Waals surface area contributed by atoms with Crippen LogP contribution >= 0.6 is 0 Å². The molecule has 1 heterocycles. The van der Waals surface area contributed by atoms with E-state index in [1.165, 1.54) is 16.7 Å². The monoisotopic (exact) mass is 254 g/mol. The Hall–Kier alpha value is -1.67. The Morgan fingerprint density at radius 2 is 1.68 bits per heavy atom. The minimum atomic E-state index is 0.536. The van der Waals surface area contributed by atoms with Crippen LogP contribution in [0.2, 0.25) is 0 Å². The summed E-state index contributed by atoms with van der Waals surface area (Å²) in [5.41, 5.74) is 9.81. The van der Waals surface area contributed by atoms with Crippen LogP contribution in [0, 0.1) is 6.92 Å². The SMILES string of the molecule is Cc1ccc(CCC(CCN)c2ccncc2)cc1. The Balaban J connectivity index is 1.99. The largest absolute Gasteiger partial charge is 0.330 e. The van der Waals surface area contributed by atoms with Gasteiger partial charge in [-0.2, -0.15) is 0 Å². The molecule has 0 aliphatic rings. The third-order valence-electron chi connectivity index (χ3n) is 3.59. The first kappa shape index (κ1) is 13.8. The highest BCUT2D eigenvalue weighted by atomic mass is 14.6. The van der Waals surface area contributed by atoms with Gasteiger partial charge in [-0.1, -0.05) is 29.8 Å². The maximum absolute atomic E-state index is 5.74. The lowest BCUT2D eigenvalue weighted by Crippen LogP contribution is -2.08. The topological polar surface area (TPSA) is 38.9 Å². The average molecular weight is 254 g/mol. The van der Waals surface area contributed by atoms with Gasteiger partial charge in [0, 0.05) is 12.4 Å². The number of rotatable bonds is 6. The Labute approximate surface area is 115 Å². The predicted octanol–water partition coefficient (Wildman–Crippen LogP) is 3.46. The van der Waals surface area contributed by atoms with Crippen molar-refractivity contribution in [2.45, 2.75) is 32.1 Å². The number of hydrogen-bond donors (Lipinski definition) is 1. The number of benzene rings is 1. The third-order valence-corrected chi connectivity index (χ3v) is 3.59. The van der Waals surface area contributed by atoms with Crippen molar-refractivity contribution in [3.8, 4) is 0 Å². The van der Waals surface area contributed by atoms with Crippen molar-refractivity contribution in [3.63, 3.8) is 0 Å². The van der Waals surface area contributed by atoms with Crippen molar-refractivity contribution in [1.29, 1.82) is 0 Å². The van der Waals surface area contributed by atoms with Crippen molar-refractivity contribution >= 4 is 0 Å². The summed E-state index contributed by atoms with van der Waals surface area (Å²) in [5, 5.41) is 0. The van der Waals surface area contributed by atoms with Crippen LogP contribution in [0.25, 0.3) is 0 Å². The van der Waals surface area contributed by atoms with Crippen molar-refractivity contribution in [2.24, 2.45) is 5.73 Å². The molecule has 2 aromatic rings. The van der Waals surface area contributed by atoms with Crippen molar-refractivity contribution in [2.75, 3.05) is 6.54 Å². The average Bonchev–Trinajstić information content (AvgIpc) is 2.46. The van der Waals surface area contributed by atoms with E-state index in [-0.39, 0.29) is 0 Å². The molecule has 100 valence electrons. The zero-order valence-corrected chi connectivity index (χ0v) is 11.5. The molecular weight excluding hydrogens is 232 g/mol. The highest BCUT2D eigenvalue weighted by molar-refractivity contribution is 5.22. The lowest BCUT2D eigenvalue weighted by molar-refractivity contribution is 0.583. The normalized spacial score (nSPS) is 12.3. The van der Waals surface area contributed by atoms with Crippen LogP contribution in [0.3, 0.4) is 0 Å². The van der Waals surface area contributed by atoms with Crippen LogP contribution in [0.15, 0.2) is 48.8 Å². The van der Waals surface area contributed by atoms with Crippen molar-refractivity contribution in [3.05, 3.63) is 65.5 Å². The zero-order valence-electron chi connectivity index (χ0n) is 11.5. The van der Waals surface area contributed by atoms with Crippen LogP contribution in [0.4, 0.5) is 0 Å². The van der Waals surface area contributed by atoms with E-state index in [0.29, 0.717) is 5.92 Å². The molecule has 1 aromatic carbocycles. The molecule has 0 saturated heterocycles. The Bertz CT molecular complexity index is 476. The summed E-state index contributed by atoms with van der Waals surface area (Å²) in [6, 6.07) is 13.0. The molecule has 0 amide bonds. The molecule has 2 rings (SSSR count). The van der Waals surface area contributed by atoms with Gasteiger partial charge in [-0.25, -0.2) is 0 Å². The van der Waals surface area contributed by atoms with Gasteiger partial charge in [-0.15, -0.1) is 0 Å². The summed E-state index contributed by atoms with van der Waals surface area (Å²) >= 11 is 0. The minimum absolute atomic E-state index is 0.536. The van der Waals surface area contributed by atoms with E-state index in [4.69, 9.17) is 5.73 Å². The van der Waals surface area contributed by atoms with E-state index in [2.05, 4.69) is 48.3 Å². The molecule has 0 bridgehead atoms. The summed E-state index contributed by atoms with van der Waals surface area (Å²) < 4.78 is 0. The number of aryl methyl sites for hydroxylation is 2. The molecule has 2 N–H and O–H groups in total. The molecule has 0 fully saturated rings. The van der Waals surface area contributed by atoms with Crippen molar-refractivity contribution in [1.82, 2.24) is 4.98 Å². The van der Waals surface area contributed by atoms with E-state index in [0.717, 1.165) is 25.8 Å². The molecular formula is C17H22N2. The number of hydrogen-bond acceptors (Lipinski definition) is 2. The third kappa shape index (κ3) is 4.18. The van der Waals surface area contributed by atoms with Crippen LogP contribution in [0.1, 0.15) is 35.4 Å². The lowest BCUT2D eigenvalue weighted by atomic mass is 9.90. The Morgan fingerprint density at radius 3 is 2.32 bits per heavy atom. The van der Waals surface area contributed by atoms with E-state index in [1.54, 1.807) is 0 Å². The number of aromatic nitrogens is 1. The Morgan fingerprint density at radius 1 is 1.00 bits per heavy atom. The standard InChI is InChI=1S/C17H22N2/c1-14-2-4-15(5-3-14)6-7-16(8-11-18)17-9-12-19-13-10-17/h2-5,9-10,12-13,16H,6-8,11,18H2,1H3. The summed E-state index contributed by atoms with van der Waals surface area (Å²) in [6.45, 7) is 2.86. The fourth-order valence-corrected chi connectivity index (χ4v) is 2.41. The molecule has 0 spiro atoms. The second-order valence-electron chi connectivity index (χ2n) is 5.08. The molecule has 2 nitrogen and oxygen atoms in total. The van der Waals surface area contributed by atoms with E-state index >= 15 is 0 Å². The number of pyridine rings is 1. The molecule has 19 heavy (non-hydrogen) atoms. The minimum Gasteiger partial charge on any atom is -0.330 e. The smallest absolute Gasteiger partial charge is 0.0270 e. The second kappa shape index (κ2) is 7.05. The molecule has 1 unspecified atom stereocenters. The molecule has 0 saturated carbocycles. The molecule has 0 aliphatic heterocycles. The van der Waals surface area contributed by atoms with Crippen LogP contribution in [-0.2, 0) is 6.42 Å². The zero-order chi connectivity index (χ0) is 13.5. The summed E-state index contributed by atoms with van der Waals surface area (Å²) in [6.07, 6.45) is 7.02. The maximum atomic E-state index is 5.74. The number of nitrogens with zero attached hydrogens (tertiary/aromatic N) is 1. The van der Waals surface area contributed by atoms with E-state index < -0.39 is 0 Å². The van der Waals surface area contributed by atoms with Gasteiger partial charge in [0.1, 0.15) is 0 Å².